The van der Waals surface area contributed by atoms with Crippen molar-refractivity contribution in [3.63, 3.8) is 0 Å². The molecule has 0 saturated heterocycles. The van der Waals surface area contributed by atoms with Crippen molar-refractivity contribution in [1.82, 2.24) is 34.9 Å². The van der Waals surface area contributed by atoms with E-state index in [2.05, 4.69) is 35.0 Å². The molecule has 17 heteroatoms. The molecule has 0 spiro atoms. The Morgan fingerprint density at radius 3 is 2.18 bits per heavy atom. The molecule has 0 fully saturated rings. The van der Waals surface area contributed by atoms with Crippen molar-refractivity contribution in [2.45, 2.75) is 36.4 Å². The molecule has 0 radical (unpaired) electrons. The number of aryl methyl sites for hydroxylation is 2. The first-order valence-corrected chi connectivity index (χ1v) is 18.7. The van der Waals surface area contributed by atoms with E-state index in [1.807, 2.05) is 74.8 Å². The average molecular weight is 806 g/mol. The summed E-state index contributed by atoms with van der Waals surface area (Å²) < 4.78 is 45.9. The van der Waals surface area contributed by atoms with Crippen LogP contribution in [0.15, 0.2) is 94.7 Å². The molecule has 292 valence electrons. The van der Waals surface area contributed by atoms with Gasteiger partial charge in [-0.05, 0) is 106 Å². The molecule has 3 N–H and O–H groups in total. The van der Waals surface area contributed by atoms with E-state index < -0.39 is 12.3 Å². The number of halogens is 3. The second-order valence-electron chi connectivity index (χ2n) is 12.5. The molecule has 56 heavy (non-hydrogen) atoms. The van der Waals surface area contributed by atoms with Crippen LogP contribution in [0.4, 0.5) is 13.2 Å². The number of benzene rings is 4. The van der Waals surface area contributed by atoms with Crippen molar-refractivity contribution in [2.24, 2.45) is 0 Å². The van der Waals surface area contributed by atoms with Crippen LogP contribution in [0.2, 0.25) is 0 Å². The van der Waals surface area contributed by atoms with E-state index in [-0.39, 0.29) is 34.5 Å². The fourth-order valence-corrected chi connectivity index (χ4v) is 7.51. The lowest BCUT2D eigenvalue weighted by atomic mass is 10.0. The molecule has 2 aromatic heterocycles. The molecule has 6 rings (SSSR count). The number of nitrogens with zero attached hydrogens (tertiary/aromatic N) is 5. The molecule has 0 aliphatic heterocycles. The largest absolute Gasteiger partial charge is 0.573 e. The molecule has 0 atom stereocenters. The van der Waals surface area contributed by atoms with Gasteiger partial charge in [-0.15, -0.1) is 18.3 Å². The van der Waals surface area contributed by atoms with E-state index in [9.17, 15) is 32.7 Å². The number of hydrogen-bond acceptors (Lipinski definition) is 10. The lowest BCUT2D eigenvalue weighted by Gasteiger charge is -2.14. The second kappa shape index (κ2) is 18.2. The third-order valence-electron chi connectivity index (χ3n) is 8.21. The molecule has 0 unspecified atom stereocenters. The Kier molecular flexibility index (Phi) is 13.5. The predicted molar refractivity (Wildman–Crippen MR) is 209 cm³/mol. The Balaban J connectivity index is 0.000000216. The van der Waals surface area contributed by atoms with E-state index in [1.54, 1.807) is 14.0 Å². The number of carboxylic acids is 1. The second-order valence-corrected chi connectivity index (χ2v) is 14.3. The summed E-state index contributed by atoms with van der Waals surface area (Å²) in [4.78, 5) is 41.3. The number of carbonyl (C=O) groups excluding carboxylic acids is 2. The van der Waals surface area contributed by atoms with Gasteiger partial charge >= 0.3 is 12.3 Å². The van der Waals surface area contributed by atoms with Crippen molar-refractivity contribution in [1.29, 1.82) is 0 Å². The quantitative estimate of drug-likeness (QED) is 0.105. The number of carboxylic acid groups (broad SMARTS) is 1. The van der Waals surface area contributed by atoms with Crippen LogP contribution in [-0.2, 0) is 0 Å². The van der Waals surface area contributed by atoms with E-state index in [0.717, 1.165) is 57.2 Å². The minimum atomic E-state index is -4.79. The number of ether oxygens (including phenoxy) is 1. The maximum absolute atomic E-state index is 12.8. The van der Waals surface area contributed by atoms with E-state index in [0.29, 0.717) is 33.9 Å². The number of alkyl halides is 3. The number of fused-ring (bicyclic) bond motifs is 1. The summed E-state index contributed by atoms with van der Waals surface area (Å²) in [6.07, 6.45) is -3.90. The van der Waals surface area contributed by atoms with Gasteiger partial charge in [0.2, 0.25) is 0 Å². The summed E-state index contributed by atoms with van der Waals surface area (Å²) in [6, 6.07) is 24.2. The highest BCUT2D eigenvalue weighted by atomic mass is 32.2. The Hall–Kier alpha value is -5.78. The minimum absolute atomic E-state index is 0.0187. The Bertz CT molecular complexity index is 2340. The van der Waals surface area contributed by atoms with Gasteiger partial charge in [0.15, 0.2) is 0 Å². The van der Waals surface area contributed by atoms with Gasteiger partial charge in [0.25, 0.3) is 11.8 Å². The summed E-state index contributed by atoms with van der Waals surface area (Å²) in [5, 5.41) is 25.3. The summed E-state index contributed by atoms with van der Waals surface area (Å²) >= 11 is 2.52. The first-order valence-electron chi connectivity index (χ1n) is 17.1. The fourth-order valence-electron chi connectivity index (χ4n) is 5.69. The summed E-state index contributed by atoms with van der Waals surface area (Å²) in [6.45, 7) is 4.77. The van der Waals surface area contributed by atoms with Crippen molar-refractivity contribution >= 4 is 51.9 Å². The molecule has 2 amide bonds. The average Bonchev–Trinajstić information content (AvgIpc) is 3.74. The molecule has 0 aliphatic rings. The topological polar surface area (TPSA) is 152 Å². The smallest absolute Gasteiger partial charge is 0.478 e. The molecular formula is C39H38F3N7O5S2. The number of aromatic nitrogens is 4. The fraction of sp³-hybridized carbons (Fsp3) is 0.231. The monoisotopic (exact) mass is 805 g/mol. The Morgan fingerprint density at radius 1 is 0.893 bits per heavy atom. The van der Waals surface area contributed by atoms with Crippen LogP contribution in [-0.4, -0.2) is 87.8 Å². The first kappa shape index (κ1) is 41.4. The van der Waals surface area contributed by atoms with Gasteiger partial charge in [0.1, 0.15) is 17.0 Å². The van der Waals surface area contributed by atoms with Crippen LogP contribution >= 0.6 is 23.3 Å². The lowest BCUT2D eigenvalue weighted by molar-refractivity contribution is -0.274. The molecule has 6 aromatic rings. The van der Waals surface area contributed by atoms with E-state index in [1.165, 1.54) is 35.5 Å². The molecular weight excluding hydrogens is 768 g/mol. The van der Waals surface area contributed by atoms with Gasteiger partial charge in [-0.3, -0.25) is 9.59 Å². The van der Waals surface area contributed by atoms with Gasteiger partial charge in [-0.1, -0.05) is 52.6 Å². The third kappa shape index (κ3) is 10.1. The van der Waals surface area contributed by atoms with E-state index >= 15 is 0 Å². The van der Waals surface area contributed by atoms with Gasteiger partial charge in [-0.2, -0.15) is 5.10 Å². The molecule has 0 aliphatic carbocycles. The summed E-state index contributed by atoms with van der Waals surface area (Å²) in [7, 11) is 5.67. The van der Waals surface area contributed by atoms with Crippen molar-refractivity contribution in [3.8, 4) is 22.0 Å². The molecule has 0 saturated carbocycles. The maximum Gasteiger partial charge on any atom is 0.573 e. The highest BCUT2D eigenvalue weighted by molar-refractivity contribution is 7.99. The molecule has 4 aromatic carbocycles. The third-order valence-corrected chi connectivity index (χ3v) is 10.2. The van der Waals surface area contributed by atoms with Crippen molar-refractivity contribution in [2.75, 3.05) is 34.2 Å². The molecule has 12 nitrogen and oxygen atoms in total. The van der Waals surface area contributed by atoms with E-state index in [4.69, 9.17) is 0 Å². The summed E-state index contributed by atoms with van der Waals surface area (Å²) in [5.74, 6) is -1.77. The number of rotatable bonds is 12. The SMILES string of the molecule is CNC(=O)c1cccc2cccc(Sc3ccccc3C(=O)NCCCN(C)C)c12.Cc1nnsc1-c1c(C(=O)O)c(C)nn1-c1ccc(OC(F)(F)F)cc1. The van der Waals surface area contributed by atoms with Crippen LogP contribution < -0.4 is 15.4 Å². The van der Waals surface area contributed by atoms with Gasteiger partial charge in [0.05, 0.1) is 27.5 Å². The first-order chi connectivity index (χ1) is 26.7. The number of amides is 2. The Labute approximate surface area is 328 Å². The van der Waals surface area contributed by atoms with Gasteiger partial charge < -0.3 is 25.4 Å². The van der Waals surface area contributed by atoms with Crippen LogP contribution in [0, 0.1) is 13.8 Å². The molecule has 2 heterocycles. The molecule has 0 bridgehead atoms. The highest BCUT2D eigenvalue weighted by Crippen LogP contribution is 2.37. The number of carbonyl (C=O) groups is 3. The zero-order valence-corrected chi connectivity index (χ0v) is 32.6. The van der Waals surface area contributed by atoms with Crippen LogP contribution in [0.25, 0.3) is 27.0 Å². The lowest BCUT2D eigenvalue weighted by Crippen LogP contribution is -2.27. The Morgan fingerprint density at radius 2 is 1.55 bits per heavy atom. The van der Waals surface area contributed by atoms with Crippen LogP contribution in [0.5, 0.6) is 5.75 Å². The zero-order valence-electron chi connectivity index (χ0n) is 31.0. The van der Waals surface area contributed by atoms with Gasteiger partial charge in [0, 0.05) is 34.3 Å². The maximum atomic E-state index is 12.8. The number of aromatic carboxylic acids is 1. The zero-order chi connectivity index (χ0) is 40.6. The van der Waals surface area contributed by atoms with Crippen LogP contribution in [0.3, 0.4) is 0 Å². The normalized spacial score (nSPS) is 11.2. The van der Waals surface area contributed by atoms with Crippen molar-refractivity contribution in [3.05, 3.63) is 113 Å². The standard InChI is InChI=1S/C24H27N3O2S.C15H11F3N4O3S/c1-25-23(28)19-12-6-9-17-10-7-14-21(22(17)19)30-20-13-5-4-11-18(20)24(29)26-15-8-16-27(2)3;1-7-11(14(23)24)12(13-8(2)19-21-26-13)22(20-7)9-3-5-10(6-4-9)25-15(16,17)18/h4-7,9-14H,8,15-16H2,1-3H3,(H,25,28)(H,26,29);3-6H,1-2H3,(H,23,24). The number of nitrogens with one attached hydrogen (secondary N) is 2. The van der Waals surface area contributed by atoms with Crippen LogP contribution in [0.1, 0.15) is 48.9 Å². The highest BCUT2D eigenvalue weighted by Gasteiger charge is 2.31. The van der Waals surface area contributed by atoms with Gasteiger partial charge in [-0.25, -0.2) is 9.48 Å². The predicted octanol–water partition coefficient (Wildman–Crippen LogP) is 7.64. The number of hydrogen-bond donors (Lipinski definition) is 3. The minimum Gasteiger partial charge on any atom is -0.478 e. The summed E-state index contributed by atoms with van der Waals surface area (Å²) in [5.41, 5.74) is 2.68. The van der Waals surface area contributed by atoms with Crippen molar-refractivity contribution < 1.29 is 37.4 Å².